The van der Waals surface area contributed by atoms with Crippen LogP contribution in [0.15, 0.2) is 24.3 Å². The molecule has 5 nitrogen and oxygen atoms in total. The summed E-state index contributed by atoms with van der Waals surface area (Å²) >= 11 is 0. The molecule has 0 spiro atoms. The highest BCUT2D eigenvalue weighted by molar-refractivity contribution is 5.79. The number of amides is 1. The Morgan fingerprint density at radius 3 is 2.33 bits per heavy atom. The number of nitrogens with one attached hydrogen (secondary N) is 1. The molecule has 2 N–H and O–H groups in total. The van der Waals surface area contributed by atoms with Crippen molar-refractivity contribution in [1.29, 1.82) is 0 Å². The van der Waals surface area contributed by atoms with E-state index < -0.39 is 5.97 Å². The largest absolute Gasteiger partial charge is 0.491 e. The number of carbonyl (C=O) groups is 2. The topological polar surface area (TPSA) is 75.6 Å². The van der Waals surface area contributed by atoms with E-state index in [1.54, 1.807) is 0 Å². The quantitative estimate of drug-likeness (QED) is 0.835. The Morgan fingerprint density at radius 2 is 1.75 bits per heavy atom. The van der Waals surface area contributed by atoms with Gasteiger partial charge in [0.2, 0.25) is 5.91 Å². The summed E-state index contributed by atoms with van der Waals surface area (Å²) in [4.78, 5) is 23.4. The maximum Gasteiger partial charge on any atom is 0.306 e. The van der Waals surface area contributed by atoms with Gasteiger partial charge >= 0.3 is 5.97 Å². The van der Waals surface area contributed by atoms with Gasteiger partial charge in [-0.05, 0) is 64.2 Å². The fraction of sp³-hybridized carbons (Fsp3) is 0.579. The fourth-order valence-electron chi connectivity index (χ4n) is 3.15. The van der Waals surface area contributed by atoms with Gasteiger partial charge in [-0.1, -0.05) is 12.1 Å². The van der Waals surface area contributed by atoms with Gasteiger partial charge in [0.25, 0.3) is 0 Å². The van der Waals surface area contributed by atoms with Crippen molar-refractivity contribution in [1.82, 2.24) is 5.32 Å². The van der Waals surface area contributed by atoms with Crippen LogP contribution < -0.4 is 10.1 Å². The van der Waals surface area contributed by atoms with Crippen LogP contribution in [0.4, 0.5) is 0 Å². The van der Waals surface area contributed by atoms with Gasteiger partial charge in [-0.15, -0.1) is 0 Å². The average Bonchev–Trinajstić information content (AvgIpc) is 2.54. The van der Waals surface area contributed by atoms with Crippen LogP contribution in [0.25, 0.3) is 0 Å². The number of carboxylic acids is 1. The van der Waals surface area contributed by atoms with Crippen molar-refractivity contribution >= 4 is 11.9 Å². The third-order valence-electron chi connectivity index (χ3n) is 4.54. The molecule has 0 saturated heterocycles. The first kappa shape index (κ1) is 18.3. The lowest BCUT2D eigenvalue weighted by atomic mass is 9.81. The van der Waals surface area contributed by atoms with Gasteiger partial charge in [0.15, 0.2) is 0 Å². The van der Waals surface area contributed by atoms with Crippen molar-refractivity contribution < 1.29 is 19.4 Å². The lowest BCUT2D eigenvalue weighted by Gasteiger charge is -2.26. The summed E-state index contributed by atoms with van der Waals surface area (Å²) in [6.45, 7) is 5.91. The number of benzene rings is 1. The normalized spacial score (nSPS) is 22.0. The number of carbonyl (C=O) groups excluding carboxylic acids is 1. The van der Waals surface area contributed by atoms with E-state index in [0.29, 0.717) is 25.7 Å². The van der Waals surface area contributed by atoms with Crippen LogP contribution in [0, 0.1) is 11.8 Å². The van der Waals surface area contributed by atoms with E-state index in [0.717, 1.165) is 11.3 Å². The lowest BCUT2D eigenvalue weighted by Crippen LogP contribution is -2.35. The zero-order valence-electron chi connectivity index (χ0n) is 14.6. The van der Waals surface area contributed by atoms with E-state index >= 15 is 0 Å². The summed E-state index contributed by atoms with van der Waals surface area (Å²) in [5.74, 6) is -0.314. The Labute approximate surface area is 143 Å². The van der Waals surface area contributed by atoms with Gasteiger partial charge in [0, 0.05) is 5.92 Å². The second-order valence-corrected chi connectivity index (χ2v) is 6.86. The second-order valence-electron chi connectivity index (χ2n) is 6.86. The highest BCUT2D eigenvalue weighted by atomic mass is 16.5. The van der Waals surface area contributed by atoms with Crippen LogP contribution in [0.2, 0.25) is 0 Å². The van der Waals surface area contributed by atoms with Crippen molar-refractivity contribution in [2.24, 2.45) is 11.8 Å². The molecule has 1 aromatic carbocycles. The van der Waals surface area contributed by atoms with E-state index in [1.165, 1.54) is 0 Å². The number of carboxylic acid groups (broad SMARTS) is 1. The fourth-order valence-corrected chi connectivity index (χ4v) is 3.15. The molecule has 0 aromatic heterocycles. The summed E-state index contributed by atoms with van der Waals surface area (Å²) in [7, 11) is 0. The maximum absolute atomic E-state index is 12.4. The zero-order chi connectivity index (χ0) is 17.7. The average molecular weight is 333 g/mol. The molecule has 1 aliphatic rings. The molecule has 1 aromatic rings. The van der Waals surface area contributed by atoms with Gasteiger partial charge in [-0.2, -0.15) is 0 Å². The van der Waals surface area contributed by atoms with Gasteiger partial charge in [0.05, 0.1) is 18.1 Å². The predicted molar refractivity (Wildman–Crippen MR) is 91.8 cm³/mol. The second kappa shape index (κ2) is 8.18. The molecular weight excluding hydrogens is 306 g/mol. The standard InChI is InChI=1S/C19H27NO4/c1-12(2)24-17-6-4-5-16(11-17)13(3)20-18(21)14-7-9-15(10-8-14)19(22)23/h4-6,11-15H,7-10H2,1-3H3,(H,20,21)(H,22,23). The van der Waals surface area contributed by atoms with E-state index in [9.17, 15) is 9.59 Å². The molecule has 0 radical (unpaired) electrons. The van der Waals surface area contributed by atoms with Crippen molar-refractivity contribution in [3.63, 3.8) is 0 Å². The molecule has 24 heavy (non-hydrogen) atoms. The van der Waals surface area contributed by atoms with Crippen molar-refractivity contribution in [2.75, 3.05) is 0 Å². The lowest BCUT2D eigenvalue weighted by molar-refractivity contribution is -0.144. The van der Waals surface area contributed by atoms with E-state index in [-0.39, 0.29) is 29.9 Å². The molecule has 0 heterocycles. The molecule has 1 unspecified atom stereocenters. The predicted octanol–water partition coefficient (Wildman–Crippen LogP) is 3.54. The molecule has 1 saturated carbocycles. The highest BCUT2D eigenvalue weighted by Gasteiger charge is 2.30. The van der Waals surface area contributed by atoms with Crippen molar-refractivity contribution in [3.05, 3.63) is 29.8 Å². The number of aliphatic carboxylic acids is 1. The van der Waals surface area contributed by atoms with Crippen LogP contribution in [0.3, 0.4) is 0 Å². The molecule has 132 valence electrons. The number of hydrogen-bond acceptors (Lipinski definition) is 3. The molecular formula is C19H27NO4. The summed E-state index contributed by atoms with van der Waals surface area (Å²) in [6.07, 6.45) is 2.56. The Morgan fingerprint density at radius 1 is 1.12 bits per heavy atom. The zero-order valence-corrected chi connectivity index (χ0v) is 14.6. The van der Waals surface area contributed by atoms with E-state index in [4.69, 9.17) is 9.84 Å². The van der Waals surface area contributed by atoms with Gasteiger partial charge in [-0.25, -0.2) is 0 Å². The summed E-state index contributed by atoms with van der Waals surface area (Å²) in [6, 6.07) is 7.65. The molecule has 5 heteroatoms. The Kier molecular flexibility index (Phi) is 6.23. The van der Waals surface area contributed by atoms with Crippen LogP contribution in [-0.2, 0) is 9.59 Å². The summed E-state index contributed by atoms with van der Waals surface area (Å²) in [5, 5.41) is 12.1. The minimum Gasteiger partial charge on any atom is -0.491 e. The summed E-state index contributed by atoms with van der Waals surface area (Å²) in [5.41, 5.74) is 1.00. The molecule has 2 rings (SSSR count). The SMILES string of the molecule is CC(C)Oc1cccc(C(C)NC(=O)C2CCC(C(=O)O)CC2)c1. The van der Waals surface area contributed by atoms with Crippen LogP contribution in [-0.4, -0.2) is 23.1 Å². The third-order valence-corrected chi connectivity index (χ3v) is 4.54. The van der Waals surface area contributed by atoms with Crippen molar-refractivity contribution in [3.8, 4) is 5.75 Å². The first-order valence-corrected chi connectivity index (χ1v) is 8.66. The molecule has 0 bridgehead atoms. The molecule has 0 aliphatic heterocycles. The third kappa shape index (κ3) is 4.98. The molecule has 1 amide bonds. The number of ether oxygens (including phenoxy) is 1. The maximum atomic E-state index is 12.4. The number of rotatable bonds is 6. The minimum absolute atomic E-state index is 0.0153. The molecule has 1 fully saturated rings. The number of hydrogen-bond donors (Lipinski definition) is 2. The smallest absolute Gasteiger partial charge is 0.306 e. The van der Waals surface area contributed by atoms with Crippen LogP contribution in [0.1, 0.15) is 58.1 Å². The van der Waals surface area contributed by atoms with Gasteiger partial charge in [-0.3, -0.25) is 9.59 Å². The monoisotopic (exact) mass is 333 g/mol. The highest BCUT2D eigenvalue weighted by Crippen LogP contribution is 2.30. The summed E-state index contributed by atoms with van der Waals surface area (Å²) < 4.78 is 5.69. The Hall–Kier alpha value is -2.04. The van der Waals surface area contributed by atoms with E-state index in [1.807, 2.05) is 45.0 Å². The Bertz CT molecular complexity index is 576. The Balaban J connectivity index is 1.91. The van der Waals surface area contributed by atoms with Crippen molar-refractivity contribution in [2.45, 2.75) is 58.6 Å². The molecule has 1 atom stereocenters. The minimum atomic E-state index is -0.746. The van der Waals surface area contributed by atoms with Gasteiger partial charge in [0.1, 0.15) is 5.75 Å². The van der Waals surface area contributed by atoms with Gasteiger partial charge < -0.3 is 15.2 Å². The molecule has 1 aliphatic carbocycles. The van der Waals surface area contributed by atoms with E-state index in [2.05, 4.69) is 5.32 Å². The first-order chi connectivity index (χ1) is 11.4. The first-order valence-electron chi connectivity index (χ1n) is 8.66. The van der Waals surface area contributed by atoms with Crippen LogP contribution >= 0.6 is 0 Å². The van der Waals surface area contributed by atoms with Crippen LogP contribution in [0.5, 0.6) is 5.75 Å².